The van der Waals surface area contributed by atoms with Crippen molar-refractivity contribution in [2.45, 2.75) is 13.3 Å². The molecule has 0 aliphatic rings. The summed E-state index contributed by atoms with van der Waals surface area (Å²) in [6.07, 6.45) is 2.34. The van der Waals surface area contributed by atoms with Crippen LogP contribution in [0.1, 0.15) is 18.1 Å². The number of nitrogens with zero attached hydrogens (tertiary/aromatic N) is 1. The largest absolute Gasteiger partial charge is 0.504 e. The maximum absolute atomic E-state index is 12.3. The average molecular weight is 401 g/mol. The van der Waals surface area contributed by atoms with Gasteiger partial charge in [0, 0.05) is 10.2 Å². The lowest BCUT2D eigenvalue weighted by atomic mass is 10.1. The molecule has 0 saturated carbocycles. The van der Waals surface area contributed by atoms with Gasteiger partial charge >= 0.3 is 0 Å². The molecule has 0 aliphatic carbocycles. The molecule has 2 N–H and O–H groups in total. The summed E-state index contributed by atoms with van der Waals surface area (Å²) in [6.45, 7) is 2.05. The summed E-state index contributed by atoms with van der Waals surface area (Å²) in [6, 6.07) is 12.3. The maximum atomic E-state index is 12.3. The van der Waals surface area contributed by atoms with Gasteiger partial charge in [-0.25, -0.2) is 0 Å². The van der Waals surface area contributed by atoms with Crippen LogP contribution in [0.25, 0.3) is 6.08 Å². The van der Waals surface area contributed by atoms with Gasteiger partial charge in [0.25, 0.3) is 5.91 Å². The molecule has 0 aromatic heterocycles. The first-order valence-corrected chi connectivity index (χ1v) is 8.36. The van der Waals surface area contributed by atoms with Crippen molar-refractivity contribution in [1.82, 2.24) is 0 Å². The summed E-state index contributed by atoms with van der Waals surface area (Å²) in [7, 11) is 1.42. The maximum Gasteiger partial charge on any atom is 0.266 e. The van der Waals surface area contributed by atoms with E-state index in [4.69, 9.17) is 4.74 Å². The van der Waals surface area contributed by atoms with Crippen LogP contribution in [-0.2, 0) is 11.2 Å². The first-order chi connectivity index (χ1) is 12.0. The quantitative estimate of drug-likeness (QED) is 0.579. The molecule has 1 amide bonds. The van der Waals surface area contributed by atoms with E-state index in [0.29, 0.717) is 15.7 Å². The van der Waals surface area contributed by atoms with Crippen molar-refractivity contribution in [2.75, 3.05) is 12.4 Å². The minimum Gasteiger partial charge on any atom is -0.504 e. The normalized spacial score (nSPS) is 10.9. The molecule has 25 heavy (non-hydrogen) atoms. The fourth-order valence-electron chi connectivity index (χ4n) is 2.16. The molecule has 0 fully saturated rings. The molecule has 0 unspecified atom stereocenters. The van der Waals surface area contributed by atoms with Gasteiger partial charge in [0.2, 0.25) is 0 Å². The van der Waals surface area contributed by atoms with Crippen LogP contribution in [0.5, 0.6) is 11.5 Å². The highest BCUT2D eigenvalue weighted by molar-refractivity contribution is 9.10. The smallest absolute Gasteiger partial charge is 0.266 e. The lowest BCUT2D eigenvalue weighted by Crippen LogP contribution is -2.13. The molecule has 0 bridgehead atoms. The van der Waals surface area contributed by atoms with Gasteiger partial charge in [0.05, 0.1) is 7.11 Å². The summed E-state index contributed by atoms with van der Waals surface area (Å²) < 4.78 is 5.59. The van der Waals surface area contributed by atoms with Gasteiger partial charge in [-0.1, -0.05) is 35.0 Å². The van der Waals surface area contributed by atoms with Crippen molar-refractivity contribution < 1.29 is 14.6 Å². The summed E-state index contributed by atoms with van der Waals surface area (Å²) in [5, 5.41) is 21.7. The molecule has 2 aromatic rings. The van der Waals surface area contributed by atoms with Gasteiger partial charge in [-0.3, -0.25) is 4.79 Å². The fraction of sp³-hybridized carbons (Fsp3) is 0.158. The van der Waals surface area contributed by atoms with Gasteiger partial charge in [0.15, 0.2) is 11.5 Å². The fourth-order valence-corrected chi connectivity index (χ4v) is 2.60. The molecule has 0 radical (unpaired) electrons. The molecule has 5 nitrogen and oxygen atoms in total. The van der Waals surface area contributed by atoms with E-state index >= 15 is 0 Å². The van der Waals surface area contributed by atoms with Crippen molar-refractivity contribution in [3.8, 4) is 17.6 Å². The Bertz CT molecular complexity index is 852. The van der Waals surface area contributed by atoms with E-state index in [1.54, 1.807) is 18.2 Å². The SMILES string of the molecule is CCc1ccc(NC(=O)/C(C#N)=C\c2cc(OC)c(O)cc2Br)cc1. The number of amides is 1. The topological polar surface area (TPSA) is 82.4 Å². The third-order valence-corrected chi connectivity index (χ3v) is 4.27. The highest BCUT2D eigenvalue weighted by atomic mass is 79.9. The van der Waals surface area contributed by atoms with Crippen LogP contribution in [0, 0.1) is 11.3 Å². The number of nitriles is 1. The van der Waals surface area contributed by atoms with E-state index < -0.39 is 5.91 Å². The first kappa shape index (κ1) is 18.6. The molecule has 6 heteroatoms. The lowest BCUT2D eigenvalue weighted by Gasteiger charge is -2.08. The Hall–Kier alpha value is -2.78. The summed E-state index contributed by atoms with van der Waals surface area (Å²) in [5.41, 5.74) is 2.26. The van der Waals surface area contributed by atoms with Crippen LogP contribution in [0.3, 0.4) is 0 Å². The Kier molecular flexibility index (Phi) is 6.20. The number of hydrogen-bond donors (Lipinski definition) is 2. The molecule has 0 heterocycles. The third kappa shape index (κ3) is 4.61. The molecule has 0 spiro atoms. The number of ether oxygens (including phenoxy) is 1. The number of methoxy groups -OCH3 is 1. The number of carbonyl (C=O) groups is 1. The van der Waals surface area contributed by atoms with Crippen molar-refractivity contribution in [3.05, 3.63) is 57.6 Å². The Balaban J connectivity index is 2.27. The number of benzene rings is 2. The number of nitrogens with one attached hydrogen (secondary N) is 1. The standard InChI is InChI=1S/C19H17BrN2O3/c1-3-12-4-6-15(7-5-12)22-19(24)14(11-21)8-13-9-18(25-2)17(23)10-16(13)20/h4-10,23H,3H2,1-2H3,(H,22,24)/b14-8-. The van der Waals surface area contributed by atoms with Crippen LogP contribution in [0.15, 0.2) is 46.4 Å². The second-order valence-electron chi connectivity index (χ2n) is 5.22. The van der Waals surface area contributed by atoms with Crippen LogP contribution < -0.4 is 10.1 Å². The average Bonchev–Trinajstić information content (AvgIpc) is 2.61. The number of anilines is 1. The number of phenols is 1. The summed E-state index contributed by atoms with van der Waals surface area (Å²) in [5.74, 6) is -0.293. The van der Waals surface area contributed by atoms with E-state index in [0.717, 1.165) is 12.0 Å². The highest BCUT2D eigenvalue weighted by Crippen LogP contribution is 2.33. The minimum atomic E-state index is -0.509. The summed E-state index contributed by atoms with van der Waals surface area (Å²) in [4.78, 5) is 12.3. The molecule has 0 aliphatic heterocycles. The zero-order valence-corrected chi connectivity index (χ0v) is 15.4. The molecule has 0 saturated heterocycles. The number of halogens is 1. The van der Waals surface area contributed by atoms with Crippen LogP contribution >= 0.6 is 15.9 Å². The summed E-state index contributed by atoms with van der Waals surface area (Å²) >= 11 is 3.30. The Morgan fingerprint density at radius 2 is 2.04 bits per heavy atom. The van der Waals surface area contributed by atoms with Gasteiger partial charge in [-0.2, -0.15) is 5.26 Å². The van der Waals surface area contributed by atoms with Crippen LogP contribution in [0.4, 0.5) is 5.69 Å². The van der Waals surface area contributed by atoms with Gasteiger partial charge in [-0.05, 0) is 47.9 Å². The number of aromatic hydroxyl groups is 1. The highest BCUT2D eigenvalue weighted by Gasteiger charge is 2.12. The van der Waals surface area contributed by atoms with Crippen LogP contribution in [0.2, 0.25) is 0 Å². The number of aryl methyl sites for hydroxylation is 1. The van der Waals surface area contributed by atoms with Crippen molar-refractivity contribution in [3.63, 3.8) is 0 Å². The molecule has 2 rings (SSSR count). The van der Waals surface area contributed by atoms with E-state index in [-0.39, 0.29) is 17.1 Å². The Morgan fingerprint density at radius 1 is 1.36 bits per heavy atom. The first-order valence-electron chi connectivity index (χ1n) is 7.57. The minimum absolute atomic E-state index is 0.0366. The second-order valence-corrected chi connectivity index (χ2v) is 6.07. The molecule has 2 aromatic carbocycles. The lowest BCUT2D eigenvalue weighted by molar-refractivity contribution is -0.112. The zero-order valence-electron chi connectivity index (χ0n) is 13.8. The van der Waals surface area contributed by atoms with E-state index in [9.17, 15) is 15.2 Å². The van der Waals surface area contributed by atoms with E-state index in [1.807, 2.05) is 25.1 Å². The van der Waals surface area contributed by atoms with E-state index in [2.05, 4.69) is 21.2 Å². The molecule has 0 atom stereocenters. The zero-order chi connectivity index (χ0) is 18.4. The second kappa shape index (κ2) is 8.36. The third-order valence-electron chi connectivity index (χ3n) is 3.58. The molecular formula is C19H17BrN2O3. The van der Waals surface area contributed by atoms with Crippen molar-refractivity contribution >= 4 is 33.6 Å². The van der Waals surface area contributed by atoms with Gasteiger partial charge in [0.1, 0.15) is 11.6 Å². The van der Waals surface area contributed by atoms with Crippen molar-refractivity contribution in [2.24, 2.45) is 0 Å². The predicted molar refractivity (Wildman–Crippen MR) is 100 cm³/mol. The molecule has 128 valence electrons. The number of rotatable bonds is 5. The Labute approximate surface area is 154 Å². The molecular weight excluding hydrogens is 384 g/mol. The van der Waals surface area contributed by atoms with Gasteiger partial charge < -0.3 is 15.2 Å². The van der Waals surface area contributed by atoms with Crippen LogP contribution in [-0.4, -0.2) is 18.1 Å². The predicted octanol–water partition coefficient (Wildman–Crippen LogP) is 4.27. The number of carbonyl (C=O) groups excluding carboxylic acids is 1. The van der Waals surface area contributed by atoms with Crippen molar-refractivity contribution in [1.29, 1.82) is 5.26 Å². The van der Waals surface area contributed by atoms with E-state index in [1.165, 1.54) is 19.3 Å². The monoisotopic (exact) mass is 400 g/mol. The number of phenolic OH excluding ortho intramolecular Hbond substituents is 1. The number of hydrogen-bond acceptors (Lipinski definition) is 4. The Morgan fingerprint density at radius 3 is 2.60 bits per heavy atom. The van der Waals surface area contributed by atoms with Gasteiger partial charge in [-0.15, -0.1) is 0 Å².